The van der Waals surface area contributed by atoms with Gasteiger partial charge in [0.05, 0.1) is 6.61 Å². The van der Waals surface area contributed by atoms with E-state index in [0.29, 0.717) is 0 Å². The molecule has 1 heterocycles. The molecule has 2 bridgehead atoms. The molecule has 0 amide bonds. The molecule has 1 radical (unpaired) electrons. The molecule has 3 fully saturated rings. The van der Waals surface area contributed by atoms with Gasteiger partial charge in [-0.15, -0.1) is 0 Å². The van der Waals surface area contributed by atoms with Crippen molar-refractivity contribution in [2.45, 2.75) is 25.3 Å². The van der Waals surface area contributed by atoms with Crippen molar-refractivity contribution < 1.29 is 4.74 Å². The zero-order valence-electron chi connectivity index (χ0n) is 6.62. The first-order chi connectivity index (χ1) is 5.45. The van der Waals surface area contributed by atoms with Gasteiger partial charge in [-0.1, -0.05) is 0 Å². The Bertz CT molecular complexity index is 153. The van der Waals surface area contributed by atoms with Gasteiger partial charge in [0.15, 0.2) is 0 Å². The monoisotopic (exact) mass is 152 g/mol. The van der Waals surface area contributed by atoms with Crippen LogP contribution in [0.5, 0.6) is 0 Å². The lowest BCUT2D eigenvalue weighted by Gasteiger charge is -2.35. The zero-order valence-corrected chi connectivity index (χ0v) is 6.62. The normalized spacial score (nSPS) is 54.5. The van der Waals surface area contributed by atoms with Gasteiger partial charge >= 0.3 is 0 Å². The largest absolute Gasteiger partial charge is 0.359 e. The van der Waals surface area contributed by atoms with Gasteiger partial charge < -0.3 is 4.74 Å². The highest BCUT2D eigenvalue weighted by molar-refractivity contribution is 5.02. The Hall–Kier alpha value is -0.0800. The van der Waals surface area contributed by atoms with E-state index in [1.165, 1.54) is 19.3 Å². The van der Waals surface area contributed by atoms with Crippen LogP contribution in [0.2, 0.25) is 0 Å². The van der Waals surface area contributed by atoms with Crippen LogP contribution in [0.4, 0.5) is 0 Å². The fourth-order valence-electron chi connectivity index (χ4n) is 3.20. The molecule has 11 heavy (non-hydrogen) atoms. The van der Waals surface area contributed by atoms with E-state index >= 15 is 0 Å². The third kappa shape index (κ3) is 0.798. The second-order valence-corrected chi connectivity index (χ2v) is 4.14. The molecule has 3 rings (SSSR count). The van der Waals surface area contributed by atoms with Gasteiger partial charge in [0, 0.05) is 12.0 Å². The number of nitrogens with one attached hydrogen (secondary N) is 1. The summed E-state index contributed by atoms with van der Waals surface area (Å²) >= 11 is 0. The smallest absolute Gasteiger partial charge is 0.148 e. The minimum atomic E-state index is 0.766. The number of ether oxygens (including phenoxy) is 1. The molecule has 0 aromatic heterocycles. The first kappa shape index (κ1) is 6.44. The van der Waals surface area contributed by atoms with Crippen LogP contribution in [0.1, 0.15) is 19.3 Å². The van der Waals surface area contributed by atoms with Crippen LogP contribution in [-0.2, 0) is 4.74 Å². The third-order valence-electron chi connectivity index (χ3n) is 3.72. The first-order valence-corrected chi connectivity index (χ1v) is 4.64. The molecule has 2 heteroatoms. The molecule has 2 nitrogen and oxygen atoms in total. The van der Waals surface area contributed by atoms with Crippen LogP contribution in [0.15, 0.2) is 0 Å². The maximum atomic E-state index is 5.30. The summed E-state index contributed by atoms with van der Waals surface area (Å²) in [6.07, 6.45) is 4.36. The number of rotatable bonds is 0. The van der Waals surface area contributed by atoms with Gasteiger partial charge in [-0.3, -0.25) is 5.32 Å². The van der Waals surface area contributed by atoms with Crippen molar-refractivity contribution in [2.75, 3.05) is 6.61 Å². The number of hydrogen-bond donors (Lipinski definition) is 1. The summed E-state index contributed by atoms with van der Waals surface area (Å²) in [4.78, 5) is 0. The third-order valence-corrected chi connectivity index (χ3v) is 3.72. The standard InChI is InChI=1S/C9H14NO/c1-2-7-3-6(1)8-4-11-5-10-9(7)8/h5-10H,1-4H2/t6-,7+,8-,9+/m1/s1. The fraction of sp³-hybridized carbons (Fsp3) is 0.889. The van der Waals surface area contributed by atoms with Crippen LogP contribution >= 0.6 is 0 Å². The Morgan fingerprint density at radius 3 is 3.09 bits per heavy atom. The first-order valence-electron chi connectivity index (χ1n) is 4.64. The molecule has 1 N–H and O–H groups in total. The van der Waals surface area contributed by atoms with Crippen LogP contribution in [0.25, 0.3) is 0 Å². The maximum absolute atomic E-state index is 5.30. The van der Waals surface area contributed by atoms with Crippen molar-refractivity contribution in [2.24, 2.45) is 17.8 Å². The van der Waals surface area contributed by atoms with Crippen molar-refractivity contribution in [3.63, 3.8) is 0 Å². The van der Waals surface area contributed by atoms with Gasteiger partial charge in [0.2, 0.25) is 0 Å². The molecule has 2 saturated carbocycles. The molecule has 3 aliphatic rings. The molecular weight excluding hydrogens is 138 g/mol. The van der Waals surface area contributed by atoms with Crippen LogP contribution in [0, 0.1) is 24.5 Å². The molecule has 0 spiro atoms. The predicted molar refractivity (Wildman–Crippen MR) is 41.5 cm³/mol. The van der Waals surface area contributed by atoms with Crippen molar-refractivity contribution in [3.05, 3.63) is 6.73 Å². The second-order valence-electron chi connectivity index (χ2n) is 4.14. The molecule has 0 aromatic rings. The van der Waals surface area contributed by atoms with Crippen LogP contribution < -0.4 is 5.32 Å². The topological polar surface area (TPSA) is 21.3 Å². The Kier molecular flexibility index (Phi) is 1.29. The lowest BCUT2D eigenvalue weighted by Crippen LogP contribution is -2.45. The summed E-state index contributed by atoms with van der Waals surface area (Å²) in [6.45, 7) is 2.76. The molecule has 4 atom stereocenters. The molecule has 1 aliphatic heterocycles. The van der Waals surface area contributed by atoms with E-state index in [-0.39, 0.29) is 0 Å². The second kappa shape index (κ2) is 2.20. The van der Waals surface area contributed by atoms with E-state index in [9.17, 15) is 0 Å². The van der Waals surface area contributed by atoms with Gasteiger partial charge in [-0.2, -0.15) is 0 Å². The number of fused-ring (bicyclic) bond motifs is 5. The average Bonchev–Trinajstić information content (AvgIpc) is 2.64. The van der Waals surface area contributed by atoms with E-state index < -0.39 is 0 Å². The van der Waals surface area contributed by atoms with E-state index in [1.54, 1.807) is 6.73 Å². The van der Waals surface area contributed by atoms with E-state index in [0.717, 1.165) is 30.4 Å². The molecule has 2 aliphatic carbocycles. The summed E-state index contributed by atoms with van der Waals surface area (Å²) in [5.74, 6) is 2.77. The van der Waals surface area contributed by atoms with Crippen molar-refractivity contribution >= 4 is 0 Å². The average molecular weight is 152 g/mol. The summed E-state index contributed by atoms with van der Waals surface area (Å²) in [5, 5.41) is 3.37. The Balaban J connectivity index is 1.84. The Labute approximate surface area is 67.3 Å². The molecule has 0 unspecified atom stereocenters. The lowest BCUT2D eigenvalue weighted by molar-refractivity contribution is 0.0423. The minimum absolute atomic E-state index is 0.766. The van der Waals surface area contributed by atoms with E-state index in [2.05, 4.69) is 5.32 Å². The summed E-state index contributed by atoms with van der Waals surface area (Å²) in [5.41, 5.74) is 0. The Morgan fingerprint density at radius 2 is 2.18 bits per heavy atom. The predicted octanol–water partition coefficient (Wildman–Crippen LogP) is 1.14. The SMILES string of the molecule is [CH]1N[C@H]2[C@H]3CC[C@H](C3)[C@H]2CO1. The highest BCUT2D eigenvalue weighted by atomic mass is 16.5. The molecule has 61 valence electrons. The Morgan fingerprint density at radius 1 is 1.27 bits per heavy atom. The van der Waals surface area contributed by atoms with Gasteiger partial charge in [0.25, 0.3) is 0 Å². The summed E-state index contributed by atoms with van der Waals surface area (Å²) in [7, 11) is 0. The van der Waals surface area contributed by atoms with Crippen LogP contribution in [-0.4, -0.2) is 12.6 Å². The highest BCUT2D eigenvalue weighted by Crippen LogP contribution is 2.49. The van der Waals surface area contributed by atoms with Gasteiger partial charge in [-0.05, 0) is 31.1 Å². The lowest BCUT2D eigenvalue weighted by atomic mass is 9.84. The maximum Gasteiger partial charge on any atom is 0.148 e. The van der Waals surface area contributed by atoms with E-state index in [1.807, 2.05) is 0 Å². The van der Waals surface area contributed by atoms with Crippen molar-refractivity contribution in [1.29, 1.82) is 0 Å². The summed E-state index contributed by atoms with van der Waals surface area (Å²) in [6, 6.07) is 0.766. The van der Waals surface area contributed by atoms with Crippen molar-refractivity contribution in [3.8, 4) is 0 Å². The van der Waals surface area contributed by atoms with Gasteiger partial charge in [0.1, 0.15) is 6.73 Å². The molecular formula is C9H14NO. The molecule has 0 aromatic carbocycles. The minimum Gasteiger partial charge on any atom is -0.359 e. The van der Waals surface area contributed by atoms with Crippen LogP contribution in [0.3, 0.4) is 0 Å². The zero-order chi connectivity index (χ0) is 7.26. The highest BCUT2D eigenvalue weighted by Gasteiger charge is 2.48. The summed E-state index contributed by atoms with van der Waals surface area (Å²) < 4.78 is 5.30. The number of hydrogen-bond acceptors (Lipinski definition) is 2. The van der Waals surface area contributed by atoms with E-state index in [4.69, 9.17) is 4.74 Å². The molecule has 1 saturated heterocycles. The fourth-order valence-corrected chi connectivity index (χ4v) is 3.20. The quantitative estimate of drug-likeness (QED) is 0.562. The van der Waals surface area contributed by atoms with Gasteiger partial charge in [-0.25, -0.2) is 0 Å². The van der Waals surface area contributed by atoms with Crippen molar-refractivity contribution in [1.82, 2.24) is 5.32 Å².